The van der Waals surface area contributed by atoms with E-state index in [1.807, 2.05) is 0 Å². The molecule has 0 aromatic heterocycles. The van der Waals surface area contributed by atoms with Crippen LogP contribution >= 0.6 is 35.4 Å². The van der Waals surface area contributed by atoms with Crippen molar-refractivity contribution < 1.29 is 28.5 Å². The van der Waals surface area contributed by atoms with E-state index in [-0.39, 0.29) is 21.4 Å². The van der Waals surface area contributed by atoms with Gasteiger partial charge in [0.1, 0.15) is 5.75 Å². The maximum Gasteiger partial charge on any atom is 0.269 e. The lowest BCUT2D eigenvalue weighted by Gasteiger charge is -2.17. The van der Waals surface area contributed by atoms with E-state index in [2.05, 4.69) is 16.2 Å². The van der Waals surface area contributed by atoms with E-state index in [1.165, 1.54) is 46.5 Å². The summed E-state index contributed by atoms with van der Waals surface area (Å²) >= 11 is 16.9. The third-order valence-corrected chi connectivity index (χ3v) is 4.75. The number of halogens is 2. The van der Waals surface area contributed by atoms with Crippen molar-refractivity contribution in [3.05, 3.63) is 45.9 Å². The summed E-state index contributed by atoms with van der Waals surface area (Å²) in [5.41, 5.74) is 5.02. The van der Waals surface area contributed by atoms with Gasteiger partial charge in [-0.3, -0.25) is 25.8 Å². The first kappa shape index (κ1) is 25.3. The van der Waals surface area contributed by atoms with Crippen LogP contribution in [0.1, 0.15) is 17.3 Å². The predicted molar refractivity (Wildman–Crippen MR) is 124 cm³/mol. The fourth-order valence-corrected chi connectivity index (χ4v) is 3.06. The van der Waals surface area contributed by atoms with Crippen molar-refractivity contribution in [2.24, 2.45) is 0 Å². The van der Waals surface area contributed by atoms with E-state index in [0.717, 1.165) is 0 Å². The highest BCUT2D eigenvalue weighted by Crippen LogP contribution is 2.38. The van der Waals surface area contributed by atoms with Gasteiger partial charge in [0.25, 0.3) is 11.8 Å². The molecule has 0 fully saturated rings. The van der Waals surface area contributed by atoms with Crippen molar-refractivity contribution in [1.82, 2.24) is 16.2 Å². The number of hydrazine groups is 1. The minimum Gasteiger partial charge on any atom is -0.493 e. The summed E-state index contributed by atoms with van der Waals surface area (Å²) in [5, 5.41) is 2.96. The first-order valence-corrected chi connectivity index (χ1v) is 10.2. The van der Waals surface area contributed by atoms with Crippen LogP contribution in [0.25, 0.3) is 0 Å². The molecule has 0 radical (unpaired) electrons. The molecule has 9 nitrogen and oxygen atoms in total. The zero-order valence-corrected chi connectivity index (χ0v) is 19.9. The van der Waals surface area contributed by atoms with Crippen LogP contribution in [0.3, 0.4) is 0 Å². The van der Waals surface area contributed by atoms with E-state index in [1.54, 1.807) is 12.1 Å². The van der Waals surface area contributed by atoms with Gasteiger partial charge in [-0.15, -0.1) is 0 Å². The second-order valence-electron chi connectivity index (χ2n) is 6.15. The second-order valence-corrected chi connectivity index (χ2v) is 7.40. The number of hydrogen-bond acceptors (Lipinski definition) is 7. The summed E-state index contributed by atoms with van der Waals surface area (Å²) in [6.45, 7) is 1.51. The van der Waals surface area contributed by atoms with Crippen LogP contribution in [-0.2, 0) is 4.79 Å². The number of amides is 2. The van der Waals surface area contributed by atoms with Crippen molar-refractivity contribution in [2.45, 2.75) is 13.0 Å². The van der Waals surface area contributed by atoms with Crippen LogP contribution < -0.4 is 35.1 Å². The first-order chi connectivity index (χ1) is 15.2. The van der Waals surface area contributed by atoms with Gasteiger partial charge in [0.2, 0.25) is 5.75 Å². The maximum absolute atomic E-state index is 12.5. The summed E-state index contributed by atoms with van der Waals surface area (Å²) in [5.74, 6) is 0.124. The van der Waals surface area contributed by atoms with Gasteiger partial charge in [0.05, 0.1) is 26.4 Å². The second kappa shape index (κ2) is 11.6. The van der Waals surface area contributed by atoms with E-state index in [9.17, 15) is 9.59 Å². The fourth-order valence-electron chi connectivity index (χ4n) is 2.46. The molecule has 12 heteroatoms. The van der Waals surface area contributed by atoms with Crippen LogP contribution in [0.4, 0.5) is 0 Å². The number of benzene rings is 2. The average molecular weight is 502 g/mol. The van der Waals surface area contributed by atoms with Crippen LogP contribution in [0.15, 0.2) is 30.3 Å². The minimum absolute atomic E-state index is 0.145. The molecular formula is C20H21Cl2N3O6S. The molecular weight excluding hydrogens is 481 g/mol. The van der Waals surface area contributed by atoms with Gasteiger partial charge in [-0.1, -0.05) is 23.2 Å². The summed E-state index contributed by atoms with van der Waals surface area (Å²) in [6, 6.07) is 7.55. The number of nitrogens with one attached hydrogen (secondary N) is 3. The molecule has 2 rings (SSSR count). The Labute approximate surface area is 200 Å². The molecule has 0 saturated carbocycles. The monoisotopic (exact) mass is 501 g/mol. The largest absolute Gasteiger partial charge is 0.493 e. The number of carbonyl (C=O) groups is 2. The molecule has 0 saturated heterocycles. The quantitative estimate of drug-likeness (QED) is 0.392. The molecule has 3 N–H and O–H groups in total. The highest BCUT2D eigenvalue weighted by Gasteiger charge is 2.19. The zero-order valence-electron chi connectivity index (χ0n) is 17.6. The maximum atomic E-state index is 12.5. The van der Waals surface area contributed by atoms with Gasteiger partial charge in [0.15, 0.2) is 22.7 Å². The Bertz CT molecular complexity index is 996. The van der Waals surface area contributed by atoms with Gasteiger partial charge in [-0.2, -0.15) is 0 Å². The number of rotatable bonds is 7. The Balaban J connectivity index is 1.94. The van der Waals surface area contributed by atoms with Crippen molar-refractivity contribution in [3.8, 4) is 23.0 Å². The van der Waals surface area contributed by atoms with Crippen LogP contribution in [0, 0.1) is 0 Å². The van der Waals surface area contributed by atoms with E-state index >= 15 is 0 Å². The summed E-state index contributed by atoms with van der Waals surface area (Å²) in [4.78, 5) is 24.8. The van der Waals surface area contributed by atoms with Crippen molar-refractivity contribution in [3.63, 3.8) is 0 Å². The number of thiocarbonyl (C=S) groups is 1. The average Bonchev–Trinajstić information content (AvgIpc) is 2.77. The molecule has 0 spiro atoms. The number of carbonyl (C=O) groups excluding carboxylic acids is 2. The van der Waals surface area contributed by atoms with Crippen molar-refractivity contribution in [1.29, 1.82) is 0 Å². The Morgan fingerprint density at radius 3 is 2.09 bits per heavy atom. The Morgan fingerprint density at radius 2 is 1.56 bits per heavy atom. The lowest BCUT2D eigenvalue weighted by molar-refractivity contribution is -0.125. The highest BCUT2D eigenvalue weighted by molar-refractivity contribution is 7.80. The number of hydrogen-bond donors (Lipinski definition) is 3. The van der Waals surface area contributed by atoms with Gasteiger partial charge < -0.3 is 18.9 Å². The first-order valence-electron chi connectivity index (χ1n) is 9.03. The Kier molecular flexibility index (Phi) is 9.18. The van der Waals surface area contributed by atoms with E-state index in [0.29, 0.717) is 22.3 Å². The molecule has 0 aliphatic carbocycles. The lowest BCUT2D eigenvalue weighted by atomic mass is 10.1. The Morgan fingerprint density at radius 1 is 0.938 bits per heavy atom. The van der Waals surface area contributed by atoms with E-state index in [4.69, 9.17) is 54.4 Å². The predicted octanol–water partition coefficient (Wildman–Crippen LogP) is 3.12. The van der Waals surface area contributed by atoms with Crippen molar-refractivity contribution >= 4 is 52.3 Å². The van der Waals surface area contributed by atoms with Crippen LogP contribution in [0.2, 0.25) is 10.0 Å². The molecule has 0 aliphatic rings. The highest BCUT2D eigenvalue weighted by atomic mass is 35.5. The molecule has 2 aromatic carbocycles. The third kappa shape index (κ3) is 6.52. The zero-order chi connectivity index (χ0) is 23.8. The van der Waals surface area contributed by atoms with E-state index < -0.39 is 17.9 Å². The van der Waals surface area contributed by atoms with Gasteiger partial charge >= 0.3 is 0 Å². The lowest BCUT2D eigenvalue weighted by Crippen LogP contribution is -2.51. The number of methoxy groups -OCH3 is 3. The SMILES string of the molecule is COc1cc(C(=O)NNC(=S)NC(=O)C(C)Oc2ccc(Cl)cc2Cl)cc(OC)c1OC. The topological polar surface area (TPSA) is 107 Å². The Hall–Kier alpha value is -2.95. The summed E-state index contributed by atoms with van der Waals surface area (Å²) < 4.78 is 21.2. The molecule has 2 amide bonds. The molecule has 32 heavy (non-hydrogen) atoms. The van der Waals surface area contributed by atoms with Gasteiger partial charge in [0, 0.05) is 10.6 Å². The third-order valence-electron chi connectivity index (χ3n) is 4.02. The molecule has 0 aliphatic heterocycles. The molecule has 2 aromatic rings. The number of ether oxygens (including phenoxy) is 4. The minimum atomic E-state index is -0.931. The summed E-state index contributed by atoms with van der Waals surface area (Å²) in [7, 11) is 4.32. The van der Waals surface area contributed by atoms with Crippen LogP contribution in [0.5, 0.6) is 23.0 Å². The van der Waals surface area contributed by atoms with Gasteiger partial charge in [-0.05, 0) is 49.5 Å². The molecule has 0 heterocycles. The molecule has 0 bridgehead atoms. The van der Waals surface area contributed by atoms with Crippen molar-refractivity contribution in [2.75, 3.05) is 21.3 Å². The molecule has 1 atom stereocenters. The summed E-state index contributed by atoms with van der Waals surface area (Å²) in [6.07, 6.45) is -0.931. The smallest absolute Gasteiger partial charge is 0.269 e. The molecule has 1 unspecified atom stereocenters. The fraction of sp³-hybridized carbons (Fsp3) is 0.250. The van der Waals surface area contributed by atoms with Gasteiger partial charge in [-0.25, -0.2) is 0 Å². The normalized spacial score (nSPS) is 11.1. The molecule has 172 valence electrons. The standard InChI is InChI=1S/C20H21Cl2N3O6S/c1-10(31-14-6-5-12(21)9-13(14)22)18(26)23-20(32)25-24-19(27)11-7-15(28-2)17(30-4)16(8-11)29-3/h5-10H,1-4H3,(H,24,27)(H2,23,25,26,32). The van der Waals surface area contributed by atoms with Crippen LogP contribution in [-0.4, -0.2) is 44.4 Å².